The van der Waals surface area contributed by atoms with E-state index in [0.717, 1.165) is 25.0 Å². The fraction of sp³-hybridized carbons (Fsp3) is 0.533. The molecule has 1 aliphatic carbocycles. The minimum atomic E-state index is -0.426. The second kappa shape index (κ2) is 6.72. The number of ether oxygens (including phenoxy) is 1. The Morgan fingerprint density at radius 3 is 2.95 bits per heavy atom. The lowest BCUT2D eigenvalue weighted by Gasteiger charge is -2.24. The van der Waals surface area contributed by atoms with Crippen molar-refractivity contribution in [3.63, 3.8) is 0 Å². The van der Waals surface area contributed by atoms with Crippen LogP contribution in [0.2, 0.25) is 0 Å². The number of hydrogen-bond acceptors (Lipinski definition) is 4. The molecule has 3 N–H and O–H groups in total. The van der Waals surface area contributed by atoms with Crippen LogP contribution < -0.4 is 11.3 Å². The molecule has 1 aromatic heterocycles. The van der Waals surface area contributed by atoms with Gasteiger partial charge >= 0.3 is 5.91 Å². The number of amides is 1. The lowest BCUT2D eigenvalue weighted by atomic mass is 9.85. The Balaban J connectivity index is 1.86. The Labute approximate surface area is 119 Å². The van der Waals surface area contributed by atoms with Crippen LogP contribution in [0.1, 0.15) is 41.6 Å². The first kappa shape index (κ1) is 14.8. The van der Waals surface area contributed by atoms with Crippen molar-refractivity contribution in [1.29, 1.82) is 0 Å². The Morgan fingerprint density at radius 1 is 1.50 bits per heavy atom. The predicted molar refractivity (Wildman–Crippen MR) is 75.8 cm³/mol. The summed E-state index contributed by atoms with van der Waals surface area (Å²) in [6.45, 7) is 5.26. The van der Waals surface area contributed by atoms with E-state index in [-0.39, 0.29) is 5.76 Å². The van der Waals surface area contributed by atoms with E-state index in [4.69, 9.17) is 15.0 Å². The summed E-state index contributed by atoms with van der Waals surface area (Å²) in [5.41, 5.74) is 2.95. The zero-order valence-electron chi connectivity index (χ0n) is 12.0. The number of nitrogen functional groups attached to an aromatic ring is 1. The maximum Gasteiger partial charge on any atom is 0.300 e. The van der Waals surface area contributed by atoms with Gasteiger partial charge in [0.25, 0.3) is 0 Å². The monoisotopic (exact) mass is 278 g/mol. The zero-order valence-corrected chi connectivity index (χ0v) is 12.0. The molecule has 0 saturated carbocycles. The molecule has 0 radical (unpaired) electrons. The third kappa shape index (κ3) is 3.49. The third-order valence-electron chi connectivity index (χ3n) is 3.88. The maximum absolute atomic E-state index is 11.4. The summed E-state index contributed by atoms with van der Waals surface area (Å²) in [5, 5.41) is 0. The highest BCUT2D eigenvalue weighted by atomic mass is 16.5. The van der Waals surface area contributed by atoms with Gasteiger partial charge in [0.05, 0.1) is 13.2 Å². The average Bonchev–Trinajstić information content (AvgIpc) is 2.81. The van der Waals surface area contributed by atoms with Crippen LogP contribution in [0.4, 0.5) is 0 Å². The lowest BCUT2D eigenvalue weighted by molar-refractivity contribution is 0.0674. The Hall–Kier alpha value is -1.59. The molecule has 5 nitrogen and oxygen atoms in total. The predicted octanol–water partition coefficient (Wildman–Crippen LogP) is 2.31. The van der Waals surface area contributed by atoms with Gasteiger partial charge in [0.2, 0.25) is 0 Å². The normalized spacial score (nSPS) is 21.9. The van der Waals surface area contributed by atoms with Crippen molar-refractivity contribution in [2.24, 2.45) is 17.7 Å². The third-order valence-corrected chi connectivity index (χ3v) is 3.88. The topological polar surface area (TPSA) is 77.5 Å². The van der Waals surface area contributed by atoms with Gasteiger partial charge in [-0.1, -0.05) is 19.1 Å². The summed E-state index contributed by atoms with van der Waals surface area (Å²) in [5.74, 6) is 6.79. The Morgan fingerprint density at radius 2 is 2.25 bits per heavy atom. The number of furan rings is 1. The summed E-state index contributed by atoms with van der Waals surface area (Å²) in [4.78, 5) is 11.4. The molecule has 0 bridgehead atoms. The molecule has 20 heavy (non-hydrogen) atoms. The summed E-state index contributed by atoms with van der Waals surface area (Å²) < 4.78 is 11.1. The van der Waals surface area contributed by atoms with Gasteiger partial charge in [-0.05, 0) is 37.7 Å². The van der Waals surface area contributed by atoms with Crippen LogP contribution >= 0.6 is 0 Å². The van der Waals surface area contributed by atoms with Gasteiger partial charge in [0.15, 0.2) is 5.76 Å². The summed E-state index contributed by atoms with van der Waals surface area (Å²) >= 11 is 0. The second-order valence-corrected chi connectivity index (χ2v) is 5.36. The molecule has 110 valence electrons. The molecular weight excluding hydrogens is 256 g/mol. The summed E-state index contributed by atoms with van der Waals surface area (Å²) in [6.07, 6.45) is 6.66. The fourth-order valence-electron chi connectivity index (χ4n) is 2.41. The molecule has 0 aliphatic heterocycles. The van der Waals surface area contributed by atoms with Gasteiger partial charge in [-0.25, -0.2) is 5.84 Å². The quantitative estimate of drug-likeness (QED) is 0.375. The van der Waals surface area contributed by atoms with Gasteiger partial charge in [-0.15, -0.1) is 0 Å². The molecular formula is C15H22N2O3. The smallest absolute Gasteiger partial charge is 0.300 e. The highest BCUT2D eigenvalue weighted by Crippen LogP contribution is 2.25. The van der Waals surface area contributed by atoms with Crippen molar-refractivity contribution in [3.8, 4) is 0 Å². The first-order valence-electron chi connectivity index (χ1n) is 6.94. The molecule has 1 amide bonds. The largest absolute Gasteiger partial charge is 0.456 e. The van der Waals surface area contributed by atoms with Crippen LogP contribution in [0.15, 0.2) is 22.6 Å². The highest BCUT2D eigenvalue weighted by molar-refractivity contribution is 5.91. The van der Waals surface area contributed by atoms with Crippen molar-refractivity contribution in [2.75, 3.05) is 6.61 Å². The average molecular weight is 278 g/mol. The number of carbonyl (C=O) groups is 1. The Bertz CT molecular complexity index is 493. The zero-order chi connectivity index (χ0) is 14.5. The van der Waals surface area contributed by atoms with Crippen molar-refractivity contribution < 1.29 is 13.9 Å². The van der Waals surface area contributed by atoms with Crippen LogP contribution in [-0.4, -0.2) is 12.5 Å². The number of allylic oxidation sites excluding steroid dienone is 2. The highest BCUT2D eigenvalue weighted by Gasteiger charge is 2.19. The first-order valence-corrected chi connectivity index (χ1v) is 6.94. The number of hydrogen-bond donors (Lipinski definition) is 2. The summed E-state index contributed by atoms with van der Waals surface area (Å²) in [7, 11) is 0. The number of rotatable bonds is 5. The Kier molecular flexibility index (Phi) is 4.98. The minimum Gasteiger partial charge on any atom is -0.456 e. The molecule has 0 fully saturated rings. The molecule has 0 saturated heterocycles. The molecule has 1 aromatic rings. The molecule has 0 aromatic carbocycles. The molecule has 2 rings (SSSR count). The second-order valence-electron chi connectivity index (χ2n) is 5.36. The molecule has 2 atom stereocenters. The molecule has 2 unspecified atom stereocenters. The van der Waals surface area contributed by atoms with E-state index in [9.17, 15) is 4.79 Å². The minimum absolute atomic E-state index is 0.220. The van der Waals surface area contributed by atoms with E-state index >= 15 is 0 Å². The number of nitrogens with one attached hydrogen (secondary N) is 1. The van der Waals surface area contributed by atoms with Crippen LogP contribution in [0.5, 0.6) is 0 Å². The number of aryl methyl sites for hydroxylation is 1. The molecule has 0 spiro atoms. The number of nitrogens with two attached hydrogens (primary N) is 1. The van der Waals surface area contributed by atoms with E-state index in [1.54, 1.807) is 6.07 Å². The van der Waals surface area contributed by atoms with Gasteiger partial charge in [0, 0.05) is 5.56 Å². The standard InChI is InChI=1S/C15H22N2O3/c1-10-5-3-4-6-12(10)8-19-9-13-7-14(15(18)17-16)20-11(13)2/h3-4,7,10,12H,5-6,8-9,16H2,1-2H3,(H,17,18). The maximum atomic E-state index is 11.4. The van der Waals surface area contributed by atoms with Gasteiger partial charge in [-0.3, -0.25) is 10.2 Å². The SMILES string of the molecule is Cc1oc(C(=O)NN)cc1COCC1CC=CCC1C. The van der Waals surface area contributed by atoms with Crippen molar-refractivity contribution in [1.82, 2.24) is 5.43 Å². The first-order chi connectivity index (χ1) is 9.61. The van der Waals surface area contributed by atoms with Crippen LogP contribution in [0.3, 0.4) is 0 Å². The lowest BCUT2D eigenvalue weighted by Crippen LogP contribution is -2.29. The van der Waals surface area contributed by atoms with Gasteiger partial charge in [-0.2, -0.15) is 0 Å². The molecule has 1 heterocycles. The van der Waals surface area contributed by atoms with Crippen molar-refractivity contribution in [2.45, 2.75) is 33.3 Å². The molecule has 5 heteroatoms. The van der Waals surface area contributed by atoms with Gasteiger partial charge in [0.1, 0.15) is 5.76 Å². The van der Waals surface area contributed by atoms with E-state index in [0.29, 0.717) is 24.2 Å². The van der Waals surface area contributed by atoms with Crippen LogP contribution in [-0.2, 0) is 11.3 Å². The van der Waals surface area contributed by atoms with E-state index < -0.39 is 5.91 Å². The van der Waals surface area contributed by atoms with Crippen molar-refractivity contribution >= 4 is 5.91 Å². The fourth-order valence-corrected chi connectivity index (χ4v) is 2.41. The van der Waals surface area contributed by atoms with E-state index in [1.165, 1.54) is 0 Å². The van der Waals surface area contributed by atoms with Crippen LogP contribution in [0, 0.1) is 18.8 Å². The van der Waals surface area contributed by atoms with E-state index in [1.807, 2.05) is 6.92 Å². The summed E-state index contributed by atoms with van der Waals surface area (Å²) in [6, 6.07) is 1.68. The number of hydrazine groups is 1. The number of carbonyl (C=O) groups excluding carboxylic acids is 1. The van der Waals surface area contributed by atoms with Crippen LogP contribution in [0.25, 0.3) is 0 Å². The van der Waals surface area contributed by atoms with Crippen molar-refractivity contribution in [3.05, 3.63) is 35.3 Å². The molecule has 1 aliphatic rings. The van der Waals surface area contributed by atoms with Gasteiger partial charge < -0.3 is 9.15 Å². The van der Waals surface area contributed by atoms with E-state index in [2.05, 4.69) is 24.5 Å².